The Balaban J connectivity index is 1.85. The van der Waals surface area contributed by atoms with Crippen molar-refractivity contribution in [2.45, 2.75) is 31.8 Å². The summed E-state index contributed by atoms with van der Waals surface area (Å²) in [6.07, 6.45) is 2.38. The summed E-state index contributed by atoms with van der Waals surface area (Å²) in [6.45, 7) is 2.33. The highest BCUT2D eigenvalue weighted by Gasteiger charge is 2.21. The fourth-order valence-electron chi connectivity index (χ4n) is 1.72. The minimum absolute atomic E-state index is 0.0179. The fourth-order valence-corrected chi connectivity index (χ4v) is 2.02. The van der Waals surface area contributed by atoms with Crippen LogP contribution >= 0.6 is 11.6 Å². The quantitative estimate of drug-likeness (QED) is 0.844. The van der Waals surface area contributed by atoms with Crippen LogP contribution in [0.25, 0.3) is 0 Å². The van der Waals surface area contributed by atoms with Gasteiger partial charge in [0.15, 0.2) is 0 Å². The van der Waals surface area contributed by atoms with Gasteiger partial charge in [0.1, 0.15) is 0 Å². The monoisotopic (exact) mass is 252 g/mol. The van der Waals surface area contributed by atoms with E-state index in [0.29, 0.717) is 17.6 Å². The third kappa shape index (κ3) is 3.72. The summed E-state index contributed by atoms with van der Waals surface area (Å²) in [5.41, 5.74) is 0.953. The largest absolute Gasteiger partial charge is 0.348 e. The Morgan fingerprint density at radius 1 is 1.47 bits per heavy atom. The molecule has 1 aromatic rings. The molecule has 1 aromatic carbocycles. The van der Waals surface area contributed by atoms with Gasteiger partial charge in [0.05, 0.1) is 12.6 Å². The zero-order valence-electron chi connectivity index (χ0n) is 9.87. The normalized spacial score (nSPS) is 16.6. The number of nitrogens with one attached hydrogen (secondary N) is 2. The minimum Gasteiger partial charge on any atom is -0.348 e. The van der Waals surface area contributed by atoms with E-state index in [1.54, 1.807) is 0 Å². The van der Waals surface area contributed by atoms with E-state index < -0.39 is 0 Å². The van der Waals surface area contributed by atoms with E-state index in [2.05, 4.69) is 10.6 Å². The lowest BCUT2D eigenvalue weighted by molar-refractivity contribution is -0.120. The Kier molecular flexibility index (Phi) is 4.02. The van der Waals surface area contributed by atoms with Crippen molar-refractivity contribution < 1.29 is 4.79 Å². The molecule has 1 aliphatic rings. The molecule has 0 unspecified atom stereocenters. The third-order valence-electron chi connectivity index (χ3n) is 2.88. The first-order valence-corrected chi connectivity index (χ1v) is 6.32. The van der Waals surface area contributed by atoms with E-state index in [4.69, 9.17) is 11.6 Å². The van der Waals surface area contributed by atoms with Crippen molar-refractivity contribution in [1.29, 1.82) is 0 Å². The van der Waals surface area contributed by atoms with Gasteiger partial charge in [-0.05, 0) is 31.4 Å². The molecule has 0 aromatic heterocycles. The van der Waals surface area contributed by atoms with Crippen LogP contribution in [0.1, 0.15) is 31.4 Å². The summed E-state index contributed by atoms with van der Waals surface area (Å²) in [7, 11) is 0. The molecule has 4 heteroatoms. The van der Waals surface area contributed by atoms with Gasteiger partial charge in [-0.3, -0.25) is 4.79 Å². The predicted molar refractivity (Wildman–Crippen MR) is 69.0 cm³/mol. The number of carbonyl (C=O) groups excluding carboxylic acids is 1. The van der Waals surface area contributed by atoms with Gasteiger partial charge in [0.2, 0.25) is 5.91 Å². The average Bonchev–Trinajstić information content (AvgIpc) is 3.10. The molecular formula is C13H17ClN2O. The van der Waals surface area contributed by atoms with Crippen molar-refractivity contribution in [1.82, 2.24) is 10.6 Å². The Morgan fingerprint density at radius 2 is 2.18 bits per heavy atom. The molecule has 3 nitrogen and oxygen atoms in total. The Morgan fingerprint density at radius 3 is 2.82 bits per heavy atom. The van der Waals surface area contributed by atoms with Crippen LogP contribution in [-0.2, 0) is 4.79 Å². The Bertz CT molecular complexity index is 404. The van der Waals surface area contributed by atoms with Gasteiger partial charge < -0.3 is 10.6 Å². The number of halogens is 1. The van der Waals surface area contributed by atoms with Crippen LogP contribution < -0.4 is 10.6 Å². The first kappa shape index (κ1) is 12.4. The number of rotatable bonds is 5. The SMILES string of the molecule is C[C@H](NC(=O)CNC1CC1)c1ccccc1Cl. The first-order valence-electron chi connectivity index (χ1n) is 5.94. The lowest BCUT2D eigenvalue weighted by atomic mass is 10.1. The number of hydrogen-bond acceptors (Lipinski definition) is 2. The maximum Gasteiger partial charge on any atom is 0.234 e. The molecule has 0 spiro atoms. The van der Waals surface area contributed by atoms with Gasteiger partial charge >= 0.3 is 0 Å². The van der Waals surface area contributed by atoms with E-state index in [0.717, 1.165) is 5.56 Å². The number of carbonyl (C=O) groups is 1. The summed E-state index contributed by atoms with van der Waals surface area (Å²) < 4.78 is 0. The van der Waals surface area contributed by atoms with Crippen molar-refractivity contribution in [3.05, 3.63) is 34.9 Å². The highest BCUT2D eigenvalue weighted by Crippen LogP contribution is 2.22. The molecule has 1 saturated carbocycles. The number of amides is 1. The van der Waals surface area contributed by atoms with E-state index in [-0.39, 0.29) is 11.9 Å². The molecule has 1 fully saturated rings. The molecule has 1 atom stereocenters. The Hall–Kier alpha value is -1.06. The van der Waals surface area contributed by atoms with Gasteiger partial charge in [-0.2, -0.15) is 0 Å². The lowest BCUT2D eigenvalue weighted by Gasteiger charge is -2.15. The second-order valence-corrected chi connectivity index (χ2v) is 4.87. The smallest absolute Gasteiger partial charge is 0.234 e. The zero-order valence-corrected chi connectivity index (χ0v) is 10.6. The van der Waals surface area contributed by atoms with Crippen LogP contribution in [0.4, 0.5) is 0 Å². The number of benzene rings is 1. The maximum atomic E-state index is 11.7. The van der Waals surface area contributed by atoms with Crippen molar-refractivity contribution >= 4 is 17.5 Å². The molecule has 17 heavy (non-hydrogen) atoms. The van der Waals surface area contributed by atoms with Crippen molar-refractivity contribution in [2.75, 3.05) is 6.54 Å². The molecule has 0 radical (unpaired) electrons. The summed E-state index contributed by atoms with van der Waals surface area (Å²) in [4.78, 5) is 11.7. The number of hydrogen-bond donors (Lipinski definition) is 2. The highest BCUT2D eigenvalue weighted by atomic mass is 35.5. The van der Waals surface area contributed by atoms with Gasteiger partial charge in [-0.1, -0.05) is 29.8 Å². The van der Waals surface area contributed by atoms with Crippen LogP contribution in [0.2, 0.25) is 5.02 Å². The molecular weight excluding hydrogens is 236 g/mol. The second-order valence-electron chi connectivity index (χ2n) is 4.47. The van der Waals surface area contributed by atoms with E-state index in [1.165, 1.54) is 12.8 Å². The fraction of sp³-hybridized carbons (Fsp3) is 0.462. The van der Waals surface area contributed by atoms with Gasteiger partial charge in [-0.25, -0.2) is 0 Å². The van der Waals surface area contributed by atoms with Crippen molar-refractivity contribution in [3.63, 3.8) is 0 Å². The van der Waals surface area contributed by atoms with E-state index in [9.17, 15) is 4.79 Å². The van der Waals surface area contributed by atoms with Gasteiger partial charge in [0, 0.05) is 11.1 Å². The predicted octanol–water partition coefficient (Wildman–Crippen LogP) is 2.27. The van der Waals surface area contributed by atoms with Crippen LogP contribution in [0, 0.1) is 0 Å². The third-order valence-corrected chi connectivity index (χ3v) is 3.22. The molecule has 1 aliphatic carbocycles. The van der Waals surface area contributed by atoms with Crippen LogP contribution in [0.3, 0.4) is 0 Å². The lowest BCUT2D eigenvalue weighted by Crippen LogP contribution is -2.36. The summed E-state index contributed by atoms with van der Waals surface area (Å²) >= 11 is 6.07. The molecule has 92 valence electrons. The molecule has 2 rings (SSSR count). The minimum atomic E-state index is -0.0581. The molecule has 2 N–H and O–H groups in total. The molecule has 0 saturated heterocycles. The molecule has 0 aliphatic heterocycles. The van der Waals surface area contributed by atoms with E-state index in [1.807, 2.05) is 31.2 Å². The highest BCUT2D eigenvalue weighted by molar-refractivity contribution is 6.31. The second kappa shape index (κ2) is 5.52. The van der Waals surface area contributed by atoms with Crippen molar-refractivity contribution in [3.8, 4) is 0 Å². The summed E-state index contributed by atoms with van der Waals surface area (Å²) in [6, 6.07) is 8.07. The van der Waals surface area contributed by atoms with Gasteiger partial charge in [0.25, 0.3) is 0 Å². The summed E-state index contributed by atoms with van der Waals surface area (Å²) in [5, 5.41) is 6.81. The maximum absolute atomic E-state index is 11.7. The van der Waals surface area contributed by atoms with Crippen LogP contribution in [0.5, 0.6) is 0 Å². The van der Waals surface area contributed by atoms with Gasteiger partial charge in [-0.15, -0.1) is 0 Å². The molecule has 1 amide bonds. The van der Waals surface area contributed by atoms with Crippen LogP contribution in [-0.4, -0.2) is 18.5 Å². The molecule has 0 bridgehead atoms. The topological polar surface area (TPSA) is 41.1 Å². The zero-order chi connectivity index (χ0) is 12.3. The van der Waals surface area contributed by atoms with Crippen LogP contribution in [0.15, 0.2) is 24.3 Å². The van der Waals surface area contributed by atoms with Crippen molar-refractivity contribution in [2.24, 2.45) is 0 Å². The standard InChI is InChI=1S/C13H17ClN2O/c1-9(11-4-2-3-5-12(11)14)16-13(17)8-15-10-6-7-10/h2-5,9-10,15H,6-8H2,1H3,(H,16,17)/t9-/m0/s1. The average molecular weight is 253 g/mol. The Labute approximate surface area is 107 Å². The summed E-state index contributed by atoms with van der Waals surface area (Å²) in [5.74, 6) is 0.0179. The first-order chi connectivity index (χ1) is 8.16. The van der Waals surface area contributed by atoms with E-state index >= 15 is 0 Å². The molecule has 0 heterocycles.